The Bertz CT molecular complexity index is 299. The molecule has 0 aromatic heterocycles. The number of hydrogen-bond donors (Lipinski definition) is 0. The van der Waals surface area contributed by atoms with Crippen LogP contribution in [0.3, 0.4) is 0 Å². The Morgan fingerprint density at radius 3 is 2.53 bits per heavy atom. The molecule has 0 aromatic carbocycles. The van der Waals surface area contributed by atoms with E-state index in [0.29, 0.717) is 5.92 Å². The molecular weight excluding hydrogens is 350 g/mol. The molecule has 0 amide bonds. The molecule has 0 N–H and O–H groups in total. The Labute approximate surface area is 128 Å². The molecule has 1 aliphatic heterocycles. The highest BCUT2D eigenvalue weighted by Crippen LogP contribution is 2.89. The minimum Gasteiger partial charge on any atom is -0.367 e. The number of hydrogen-bond acceptors (Lipinski definition) is 2. The van der Waals surface area contributed by atoms with Gasteiger partial charge in [-0.05, 0) is 39.3 Å². The fraction of sp³-hybridized carbons (Fsp3) is 0.818. The van der Waals surface area contributed by atoms with E-state index in [1.807, 2.05) is 0 Å². The van der Waals surface area contributed by atoms with Crippen molar-refractivity contribution in [1.29, 1.82) is 0 Å². The molecular formula is C11H26O2P6. The molecule has 112 valence electrons. The molecule has 0 bridgehead atoms. The molecule has 0 radical (unpaired) electrons. The third-order valence-electron chi connectivity index (χ3n) is 3.17. The van der Waals surface area contributed by atoms with Gasteiger partial charge in [-0.25, -0.2) is 0 Å². The first-order valence-corrected chi connectivity index (χ1v) is 16.7. The summed E-state index contributed by atoms with van der Waals surface area (Å²) < 4.78 is 12.5. The van der Waals surface area contributed by atoms with Gasteiger partial charge in [0.25, 0.3) is 0 Å². The standard InChI is InChI=1S/C11H26O2P6/c1-5-9(13-18(17-14)19(15)16)10-6-8(4)11(12-10)7(2)3/h7,9-11,17H,4-6,14-16H2,1-3H3/t9?,10-,11+,18?/m1/s1. The first-order chi connectivity index (χ1) is 8.90. The topological polar surface area (TPSA) is 18.5 Å². The maximum atomic E-state index is 6.35. The molecule has 2 nitrogen and oxygen atoms in total. The molecule has 0 aliphatic carbocycles. The maximum Gasteiger partial charge on any atom is 0.0889 e. The highest BCUT2D eigenvalue weighted by Gasteiger charge is 2.36. The number of ether oxygens (including phenoxy) is 1. The summed E-state index contributed by atoms with van der Waals surface area (Å²) in [4.78, 5) is 0. The zero-order valence-electron chi connectivity index (χ0n) is 11.9. The van der Waals surface area contributed by atoms with Crippen molar-refractivity contribution in [2.75, 3.05) is 0 Å². The summed E-state index contributed by atoms with van der Waals surface area (Å²) >= 11 is 0. The number of rotatable bonds is 7. The van der Waals surface area contributed by atoms with Crippen LogP contribution in [0.25, 0.3) is 0 Å². The molecule has 0 spiro atoms. The fourth-order valence-corrected chi connectivity index (χ4v) is 21.9. The zero-order chi connectivity index (χ0) is 14.6. The Morgan fingerprint density at radius 2 is 2.16 bits per heavy atom. The van der Waals surface area contributed by atoms with E-state index in [1.165, 1.54) is 5.57 Å². The van der Waals surface area contributed by atoms with Crippen molar-refractivity contribution in [1.82, 2.24) is 0 Å². The van der Waals surface area contributed by atoms with E-state index < -0.39 is 0 Å². The summed E-state index contributed by atoms with van der Waals surface area (Å²) in [6.45, 7) is 10.6. The molecule has 1 aliphatic rings. The van der Waals surface area contributed by atoms with Crippen LogP contribution in [0.15, 0.2) is 12.2 Å². The van der Waals surface area contributed by atoms with Crippen molar-refractivity contribution in [2.45, 2.75) is 51.9 Å². The lowest BCUT2D eigenvalue weighted by Crippen LogP contribution is -2.28. The Hall–Kier alpha value is 2.24. The molecule has 1 rings (SSSR count). The van der Waals surface area contributed by atoms with Crippen LogP contribution in [-0.4, -0.2) is 18.3 Å². The zero-order valence-corrected chi connectivity index (χ0v) is 18.1. The molecule has 1 heterocycles. The van der Waals surface area contributed by atoms with Gasteiger partial charge in [-0.2, -0.15) is 0 Å². The SMILES string of the molecule is C=C1C[C@H](C(CC)OP(PP)P(P)P)O[C@H]1C(C)C. The van der Waals surface area contributed by atoms with Crippen LogP contribution >= 0.6 is 49.3 Å². The summed E-state index contributed by atoms with van der Waals surface area (Å²) in [5.41, 5.74) is 1.23. The van der Waals surface area contributed by atoms with Crippen LogP contribution < -0.4 is 0 Å². The van der Waals surface area contributed by atoms with Crippen molar-refractivity contribution < 1.29 is 9.26 Å². The van der Waals surface area contributed by atoms with E-state index in [4.69, 9.17) is 9.26 Å². The van der Waals surface area contributed by atoms with Gasteiger partial charge < -0.3 is 9.26 Å². The molecule has 1 saturated heterocycles. The Balaban J connectivity index is 2.64. The summed E-state index contributed by atoms with van der Waals surface area (Å²) in [5.74, 6) is 0.501. The lowest BCUT2D eigenvalue weighted by Gasteiger charge is -2.29. The average molecular weight is 376 g/mol. The van der Waals surface area contributed by atoms with Gasteiger partial charge in [0.15, 0.2) is 0 Å². The second kappa shape index (κ2) is 9.39. The smallest absolute Gasteiger partial charge is 0.0889 e. The second-order valence-corrected chi connectivity index (χ2v) is 22.5. The summed E-state index contributed by atoms with van der Waals surface area (Å²) in [6, 6.07) is 0. The second-order valence-electron chi connectivity index (χ2n) is 5.04. The van der Waals surface area contributed by atoms with Crippen molar-refractivity contribution >= 4 is 49.3 Å². The van der Waals surface area contributed by atoms with E-state index in [-0.39, 0.29) is 32.8 Å². The van der Waals surface area contributed by atoms with Gasteiger partial charge in [-0.15, -0.1) is 26.8 Å². The van der Waals surface area contributed by atoms with Gasteiger partial charge in [0.2, 0.25) is 0 Å². The third kappa shape index (κ3) is 5.74. The van der Waals surface area contributed by atoms with Crippen molar-refractivity contribution in [3.63, 3.8) is 0 Å². The van der Waals surface area contributed by atoms with Crippen molar-refractivity contribution in [3.05, 3.63) is 12.2 Å². The van der Waals surface area contributed by atoms with E-state index in [0.717, 1.165) is 20.8 Å². The van der Waals surface area contributed by atoms with Crippen molar-refractivity contribution in [3.8, 4) is 0 Å². The van der Waals surface area contributed by atoms with Gasteiger partial charge in [0.05, 0.1) is 25.8 Å². The quantitative estimate of drug-likeness (QED) is 0.406. The normalized spacial score (nSPS) is 27.9. The Morgan fingerprint density at radius 1 is 1.53 bits per heavy atom. The summed E-state index contributed by atoms with van der Waals surface area (Å²) in [6.07, 6.45) is 2.58. The van der Waals surface area contributed by atoms with Gasteiger partial charge in [0.1, 0.15) is 0 Å². The fourth-order valence-electron chi connectivity index (χ4n) is 2.24. The van der Waals surface area contributed by atoms with Gasteiger partial charge in [-0.1, -0.05) is 27.4 Å². The van der Waals surface area contributed by atoms with Crippen LogP contribution in [0.1, 0.15) is 33.6 Å². The summed E-state index contributed by atoms with van der Waals surface area (Å²) in [7, 11) is 9.09. The van der Waals surface area contributed by atoms with E-state index in [9.17, 15) is 0 Å². The van der Waals surface area contributed by atoms with Gasteiger partial charge in [-0.3, -0.25) is 0 Å². The highest BCUT2D eigenvalue weighted by molar-refractivity contribution is 8.86. The Kier molecular flexibility index (Phi) is 9.54. The largest absolute Gasteiger partial charge is 0.367 e. The molecule has 0 saturated carbocycles. The van der Waals surface area contributed by atoms with Crippen LogP contribution in [-0.2, 0) is 9.26 Å². The van der Waals surface area contributed by atoms with Crippen LogP contribution in [0, 0.1) is 5.92 Å². The lowest BCUT2D eigenvalue weighted by atomic mass is 9.98. The predicted molar refractivity (Wildman–Crippen MR) is 104 cm³/mol. The van der Waals surface area contributed by atoms with Crippen molar-refractivity contribution in [2.24, 2.45) is 5.92 Å². The monoisotopic (exact) mass is 376 g/mol. The molecule has 8 atom stereocenters. The van der Waals surface area contributed by atoms with Crippen LogP contribution in [0.5, 0.6) is 0 Å². The average Bonchev–Trinajstić information content (AvgIpc) is 2.72. The molecule has 6 unspecified atom stereocenters. The van der Waals surface area contributed by atoms with Gasteiger partial charge in [0, 0.05) is 0 Å². The highest BCUT2D eigenvalue weighted by atomic mass is 32.9. The van der Waals surface area contributed by atoms with Gasteiger partial charge >= 0.3 is 0 Å². The first-order valence-electron chi connectivity index (χ1n) is 6.46. The first kappa shape index (κ1) is 19.3. The van der Waals surface area contributed by atoms with E-state index in [2.05, 4.69) is 54.1 Å². The molecule has 1 fully saturated rings. The minimum atomic E-state index is -0.351. The minimum absolute atomic E-state index is 0.162. The third-order valence-corrected chi connectivity index (χ3v) is 21.9. The van der Waals surface area contributed by atoms with Crippen LogP contribution in [0.4, 0.5) is 0 Å². The lowest BCUT2D eigenvalue weighted by molar-refractivity contribution is -0.0300. The predicted octanol–water partition coefficient (Wildman–Crippen LogP) is 5.91. The van der Waals surface area contributed by atoms with E-state index >= 15 is 0 Å². The van der Waals surface area contributed by atoms with E-state index in [1.54, 1.807) is 0 Å². The molecule has 0 aromatic rings. The maximum absolute atomic E-state index is 6.35. The van der Waals surface area contributed by atoms with Crippen LogP contribution in [0.2, 0.25) is 0 Å². The summed E-state index contributed by atoms with van der Waals surface area (Å²) in [5, 5.41) is 0. The molecule has 19 heavy (non-hydrogen) atoms. The molecule has 8 heteroatoms.